The van der Waals surface area contributed by atoms with Crippen LogP contribution < -0.4 is 0 Å². The molecule has 2 N–H and O–H groups in total. The van der Waals surface area contributed by atoms with Crippen LogP contribution in [-0.4, -0.2) is 46.7 Å². The Morgan fingerprint density at radius 2 is 0.882 bits per heavy atom. The predicted octanol–water partition coefficient (Wildman–Crippen LogP) is 1.48. The molecule has 0 aromatic rings. The van der Waals surface area contributed by atoms with Crippen LogP contribution in [0.1, 0.15) is 38.5 Å². The standard InChI is InChI=1S/2C5H11NO.Mo.2O/c2*7-6-4-2-1-3-5-6;;;/h2*7H,1-5H2;;;/q;;+2;;. The van der Waals surface area contributed by atoms with Gasteiger partial charge in [-0.05, 0) is 25.7 Å². The third kappa shape index (κ3) is 12.4. The average molecular weight is 330 g/mol. The Morgan fingerprint density at radius 3 is 1.00 bits per heavy atom. The summed E-state index contributed by atoms with van der Waals surface area (Å²) in [5.74, 6) is 0. The van der Waals surface area contributed by atoms with E-state index in [0.29, 0.717) is 0 Å². The summed E-state index contributed by atoms with van der Waals surface area (Å²) < 4.78 is 17.0. The van der Waals surface area contributed by atoms with E-state index in [1.807, 2.05) is 0 Å². The molecule has 100 valence electrons. The maximum absolute atomic E-state index is 8.74. The molecule has 17 heavy (non-hydrogen) atoms. The Balaban J connectivity index is 0.000000247. The van der Waals surface area contributed by atoms with Crippen molar-refractivity contribution in [2.24, 2.45) is 0 Å². The van der Waals surface area contributed by atoms with Crippen LogP contribution in [0.5, 0.6) is 0 Å². The maximum atomic E-state index is 8.74. The number of nitrogens with zero attached hydrogens (tertiary/aromatic N) is 2. The van der Waals surface area contributed by atoms with E-state index in [9.17, 15) is 0 Å². The van der Waals surface area contributed by atoms with Crippen molar-refractivity contribution in [3.05, 3.63) is 0 Å². The van der Waals surface area contributed by atoms with Crippen molar-refractivity contribution in [1.82, 2.24) is 10.1 Å². The predicted molar refractivity (Wildman–Crippen MR) is 55.8 cm³/mol. The van der Waals surface area contributed by atoms with Crippen LogP contribution in [0, 0.1) is 0 Å². The van der Waals surface area contributed by atoms with E-state index < -0.39 is 18.5 Å². The summed E-state index contributed by atoms with van der Waals surface area (Å²) in [6.45, 7) is 3.50. The summed E-state index contributed by atoms with van der Waals surface area (Å²) in [5.41, 5.74) is 0. The molecule has 0 amide bonds. The minimum absolute atomic E-state index is 0.875. The van der Waals surface area contributed by atoms with Gasteiger partial charge in [-0.1, -0.05) is 12.8 Å². The third-order valence-electron chi connectivity index (χ3n) is 2.66. The van der Waals surface area contributed by atoms with Gasteiger partial charge in [0, 0.05) is 26.2 Å². The first-order chi connectivity index (χ1) is 8.20. The first-order valence-corrected chi connectivity index (χ1v) is 7.64. The Labute approximate surface area is 111 Å². The summed E-state index contributed by atoms with van der Waals surface area (Å²) in [6, 6.07) is 0. The Bertz CT molecular complexity index is 184. The number of hydrogen-bond donors (Lipinski definition) is 2. The van der Waals surface area contributed by atoms with Gasteiger partial charge >= 0.3 is 25.3 Å². The molecule has 2 saturated heterocycles. The van der Waals surface area contributed by atoms with Crippen molar-refractivity contribution in [1.29, 1.82) is 0 Å². The van der Waals surface area contributed by atoms with Crippen molar-refractivity contribution in [3.8, 4) is 0 Å². The van der Waals surface area contributed by atoms with Gasteiger partial charge in [-0.15, -0.1) is 0 Å². The Morgan fingerprint density at radius 1 is 0.647 bits per heavy atom. The molecule has 0 aromatic carbocycles. The molecule has 2 heterocycles. The van der Waals surface area contributed by atoms with Crippen molar-refractivity contribution in [2.75, 3.05) is 26.2 Å². The van der Waals surface area contributed by atoms with Gasteiger partial charge in [0.15, 0.2) is 0 Å². The monoisotopic (exact) mass is 332 g/mol. The van der Waals surface area contributed by atoms with E-state index in [4.69, 9.17) is 17.2 Å². The van der Waals surface area contributed by atoms with E-state index in [1.165, 1.54) is 23.0 Å². The molecule has 2 rings (SSSR count). The van der Waals surface area contributed by atoms with Crippen molar-refractivity contribution >= 4 is 0 Å². The van der Waals surface area contributed by atoms with Gasteiger partial charge in [-0.25, -0.2) is 0 Å². The first kappa shape index (κ1) is 17.1. The summed E-state index contributed by atoms with van der Waals surface area (Å²) in [7, 11) is 0. The molecule has 0 bridgehead atoms. The zero-order valence-corrected chi connectivity index (χ0v) is 12.1. The summed E-state index contributed by atoms with van der Waals surface area (Å²) in [6.07, 6.45) is 7.23. The van der Waals surface area contributed by atoms with Crippen LogP contribution in [0.2, 0.25) is 0 Å². The quantitative estimate of drug-likeness (QED) is 0.655. The van der Waals surface area contributed by atoms with Crippen molar-refractivity contribution in [2.45, 2.75) is 38.5 Å². The Hall–Kier alpha value is 0.128. The molecule has 0 spiro atoms. The fraction of sp³-hybridized carbons (Fsp3) is 1.00. The molecule has 2 fully saturated rings. The average Bonchev–Trinajstić information content (AvgIpc) is 2.33. The van der Waals surface area contributed by atoms with Gasteiger partial charge in [0.25, 0.3) is 0 Å². The molecule has 7 heteroatoms. The second kappa shape index (κ2) is 12.6. The number of rotatable bonds is 0. The van der Waals surface area contributed by atoms with Crippen LogP contribution in [0.25, 0.3) is 0 Å². The first-order valence-electron chi connectivity index (χ1n) is 6.00. The van der Waals surface area contributed by atoms with E-state index in [1.54, 1.807) is 0 Å². The van der Waals surface area contributed by atoms with Gasteiger partial charge in [-0.3, -0.25) is 0 Å². The SMILES string of the molecule is ON1CCCCC1.ON1CCCCC1.[O]=[Mo+2]=[O]. The molecule has 0 aliphatic carbocycles. The van der Waals surface area contributed by atoms with E-state index in [-0.39, 0.29) is 0 Å². The van der Waals surface area contributed by atoms with E-state index >= 15 is 0 Å². The molecule has 0 saturated carbocycles. The van der Waals surface area contributed by atoms with Gasteiger partial charge in [0.05, 0.1) is 0 Å². The van der Waals surface area contributed by atoms with Gasteiger partial charge in [-0.2, -0.15) is 10.1 Å². The zero-order valence-electron chi connectivity index (χ0n) is 10.1. The van der Waals surface area contributed by atoms with E-state index in [2.05, 4.69) is 0 Å². The normalized spacial score (nSPS) is 21.3. The van der Waals surface area contributed by atoms with Gasteiger partial charge < -0.3 is 10.4 Å². The number of hydroxylamine groups is 4. The molecule has 0 atom stereocenters. The second-order valence-electron chi connectivity index (χ2n) is 4.10. The molecule has 0 radical (unpaired) electrons. The van der Waals surface area contributed by atoms with Crippen LogP contribution in [0.15, 0.2) is 0 Å². The number of piperidine rings is 2. The summed E-state index contributed by atoms with van der Waals surface area (Å²) in [4.78, 5) is 0. The van der Waals surface area contributed by atoms with Crippen LogP contribution in [0.3, 0.4) is 0 Å². The molecule has 2 aliphatic rings. The number of hydrogen-bond acceptors (Lipinski definition) is 6. The molecule has 6 nitrogen and oxygen atoms in total. The molecule has 2 aliphatic heterocycles. The zero-order chi connectivity index (χ0) is 12.9. The Kier molecular flexibility index (Phi) is 12.7. The fourth-order valence-electron chi connectivity index (χ4n) is 1.75. The summed E-state index contributed by atoms with van der Waals surface area (Å²) >= 11 is -2.03. The van der Waals surface area contributed by atoms with Crippen molar-refractivity contribution in [3.63, 3.8) is 0 Å². The molecule has 0 aromatic heterocycles. The topological polar surface area (TPSA) is 81.1 Å². The van der Waals surface area contributed by atoms with E-state index in [0.717, 1.165) is 51.9 Å². The molecule has 0 unspecified atom stereocenters. The molecular formula is C10H22MoN2O4+2. The van der Waals surface area contributed by atoms with Crippen molar-refractivity contribution < 1.29 is 35.7 Å². The van der Waals surface area contributed by atoms with Crippen LogP contribution in [-0.2, 0) is 25.3 Å². The van der Waals surface area contributed by atoms with Gasteiger partial charge in [0.1, 0.15) is 0 Å². The molecular weight excluding hydrogens is 308 g/mol. The van der Waals surface area contributed by atoms with Crippen LogP contribution in [0.4, 0.5) is 0 Å². The minimum atomic E-state index is -2.03. The summed E-state index contributed by atoms with van der Waals surface area (Å²) in [5, 5.41) is 20.3. The second-order valence-corrected chi connectivity index (χ2v) is 4.43. The fourth-order valence-corrected chi connectivity index (χ4v) is 1.75. The third-order valence-corrected chi connectivity index (χ3v) is 2.66. The van der Waals surface area contributed by atoms with Gasteiger partial charge in [0.2, 0.25) is 0 Å². The van der Waals surface area contributed by atoms with Crippen LogP contribution >= 0.6 is 0 Å².